The predicted octanol–water partition coefficient (Wildman–Crippen LogP) is 2.68. The Morgan fingerprint density at radius 1 is 1.39 bits per heavy atom. The molecule has 2 amide bonds. The van der Waals surface area contributed by atoms with Gasteiger partial charge in [0.1, 0.15) is 11.6 Å². The van der Waals surface area contributed by atoms with Gasteiger partial charge in [-0.2, -0.15) is 0 Å². The number of amides is 2. The summed E-state index contributed by atoms with van der Waals surface area (Å²) >= 11 is 6.96. The minimum atomic E-state index is -0.641. The van der Waals surface area contributed by atoms with E-state index < -0.39 is 22.7 Å². The van der Waals surface area contributed by atoms with Crippen LogP contribution in [0.25, 0.3) is 0 Å². The molecule has 8 nitrogen and oxygen atoms in total. The summed E-state index contributed by atoms with van der Waals surface area (Å²) in [4.78, 5) is 36.8. The Morgan fingerprint density at radius 3 is 2.61 bits per heavy atom. The number of thioether (sulfide) groups is 1. The van der Waals surface area contributed by atoms with Crippen LogP contribution in [0.2, 0.25) is 0 Å². The number of nitro benzene ring substituents is 1. The highest BCUT2D eigenvalue weighted by molar-refractivity contribution is 8.23. The van der Waals surface area contributed by atoms with Crippen molar-refractivity contribution in [3.8, 4) is 0 Å². The molecule has 1 N–H and O–H groups in total. The number of thiocarbonyl (C=S) groups is 1. The number of nitrogens with one attached hydrogen (secondary N) is 1. The van der Waals surface area contributed by atoms with Crippen molar-refractivity contribution < 1.29 is 19.2 Å². The number of carbonyl (C=O) groups excluding carboxylic acids is 2. The summed E-state index contributed by atoms with van der Waals surface area (Å²) in [7, 11) is 0. The van der Waals surface area contributed by atoms with Gasteiger partial charge in [0.05, 0.1) is 21.2 Å². The second kappa shape index (κ2) is 7.67. The number of hydrogen-bond donors (Lipinski definition) is 1. The minimum absolute atomic E-state index is 0.0175. The molecule has 2 aliphatic rings. The molecule has 2 saturated heterocycles. The number of rotatable bonds is 4. The van der Waals surface area contributed by atoms with Gasteiger partial charge in [-0.05, 0) is 32.8 Å². The van der Waals surface area contributed by atoms with E-state index in [4.69, 9.17) is 17.0 Å². The fourth-order valence-corrected chi connectivity index (χ4v) is 4.74. The maximum absolute atomic E-state index is 12.7. The molecule has 10 heteroatoms. The Kier molecular flexibility index (Phi) is 5.62. The van der Waals surface area contributed by atoms with Crippen LogP contribution in [0.4, 0.5) is 10.5 Å². The molecule has 2 heterocycles. The minimum Gasteiger partial charge on any atom is -0.444 e. The quantitative estimate of drug-likeness (QED) is 0.344. The van der Waals surface area contributed by atoms with Crippen LogP contribution in [0.15, 0.2) is 24.3 Å². The van der Waals surface area contributed by atoms with Gasteiger partial charge < -0.3 is 15.0 Å². The Labute approximate surface area is 172 Å². The molecule has 1 aromatic carbocycles. The van der Waals surface area contributed by atoms with Crippen molar-refractivity contribution in [2.45, 2.75) is 50.9 Å². The number of hydrogen-bond acceptors (Lipinski definition) is 7. The first-order valence-corrected chi connectivity index (χ1v) is 10.2. The molecule has 0 radical (unpaired) electrons. The molecule has 150 valence electrons. The predicted molar refractivity (Wildman–Crippen MR) is 109 cm³/mol. The molecule has 0 spiro atoms. The van der Waals surface area contributed by atoms with Crippen molar-refractivity contribution in [2.24, 2.45) is 0 Å². The summed E-state index contributed by atoms with van der Waals surface area (Å²) in [5.41, 5.74) is 0.233. The highest BCUT2D eigenvalue weighted by Gasteiger charge is 2.54. The molecule has 0 saturated carbocycles. The van der Waals surface area contributed by atoms with E-state index in [-0.39, 0.29) is 23.7 Å². The van der Waals surface area contributed by atoms with Crippen LogP contribution in [-0.4, -0.2) is 55.5 Å². The van der Waals surface area contributed by atoms with Crippen LogP contribution in [0.5, 0.6) is 0 Å². The SMILES string of the molecule is CC(C)(C)OC(=O)NC1C(=O)N2C(Cc3ccc([N+](=O)[O-])cc3)C(=S)SCC12. The number of benzene rings is 1. The fourth-order valence-electron chi connectivity index (χ4n) is 3.26. The zero-order chi connectivity index (χ0) is 20.6. The zero-order valence-electron chi connectivity index (χ0n) is 15.7. The lowest BCUT2D eigenvalue weighted by atomic mass is 9.91. The number of alkyl carbamates (subject to hydrolysis) is 1. The van der Waals surface area contributed by atoms with Gasteiger partial charge in [0, 0.05) is 17.9 Å². The van der Waals surface area contributed by atoms with Gasteiger partial charge in [0.15, 0.2) is 0 Å². The van der Waals surface area contributed by atoms with E-state index in [1.165, 1.54) is 23.9 Å². The van der Waals surface area contributed by atoms with Crippen molar-refractivity contribution >= 4 is 45.9 Å². The Morgan fingerprint density at radius 2 is 2.04 bits per heavy atom. The average molecular weight is 424 g/mol. The van der Waals surface area contributed by atoms with E-state index in [9.17, 15) is 19.7 Å². The van der Waals surface area contributed by atoms with Crippen LogP contribution in [0, 0.1) is 10.1 Å². The van der Waals surface area contributed by atoms with Gasteiger partial charge in [-0.15, -0.1) is 11.8 Å². The molecule has 0 aliphatic carbocycles. The van der Waals surface area contributed by atoms with Crippen molar-refractivity contribution in [1.29, 1.82) is 0 Å². The first-order chi connectivity index (χ1) is 13.1. The summed E-state index contributed by atoms with van der Waals surface area (Å²) in [6, 6.07) is 5.17. The van der Waals surface area contributed by atoms with E-state index in [0.717, 1.165) is 5.56 Å². The first-order valence-electron chi connectivity index (χ1n) is 8.78. The molecule has 0 aromatic heterocycles. The molecule has 2 fully saturated rings. The lowest BCUT2D eigenvalue weighted by Crippen LogP contribution is -2.76. The van der Waals surface area contributed by atoms with E-state index in [2.05, 4.69) is 5.32 Å². The second-order valence-corrected chi connectivity index (χ2v) is 9.47. The van der Waals surface area contributed by atoms with Gasteiger partial charge in [-0.25, -0.2) is 4.79 Å². The van der Waals surface area contributed by atoms with Gasteiger partial charge >= 0.3 is 6.09 Å². The van der Waals surface area contributed by atoms with E-state index in [1.54, 1.807) is 37.8 Å². The third-order valence-corrected chi connectivity index (χ3v) is 6.21. The molecule has 2 aliphatic heterocycles. The topological polar surface area (TPSA) is 102 Å². The Hall–Kier alpha value is -2.20. The highest BCUT2D eigenvalue weighted by Crippen LogP contribution is 2.36. The number of nitrogens with zero attached hydrogens (tertiary/aromatic N) is 2. The second-order valence-electron chi connectivity index (χ2n) is 7.71. The summed E-state index contributed by atoms with van der Waals surface area (Å²) in [6.07, 6.45) is -0.138. The van der Waals surface area contributed by atoms with Crippen LogP contribution in [-0.2, 0) is 16.0 Å². The van der Waals surface area contributed by atoms with Gasteiger partial charge in [0.25, 0.3) is 5.69 Å². The number of nitro groups is 1. The lowest BCUT2D eigenvalue weighted by molar-refractivity contribution is -0.384. The molecule has 28 heavy (non-hydrogen) atoms. The number of carbonyl (C=O) groups is 2. The van der Waals surface area contributed by atoms with Crippen LogP contribution in [0.1, 0.15) is 26.3 Å². The number of fused-ring (bicyclic) bond motifs is 1. The maximum atomic E-state index is 12.7. The largest absolute Gasteiger partial charge is 0.444 e. The normalized spacial score (nSPS) is 24.2. The van der Waals surface area contributed by atoms with Gasteiger partial charge in [-0.3, -0.25) is 14.9 Å². The highest BCUT2D eigenvalue weighted by atomic mass is 32.2. The fraction of sp³-hybridized carbons (Fsp3) is 0.500. The maximum Gasteiger partial charge on any atom is 0.408 e. The molecule has 1 aromatic rings. The molecular weight excluding hydrogens is 402 g/mol. The first kappa shape index (κ1) is 20.5. The average Bonchev–Trinajstić information content (AvgIpc) is 2.60. The lowest BCUT2D eigenvalue weighted by Gasteiger charge is -2.53. The standard InChI is InChI=1S/C18H21N3O5S2/c1-18(2,3)26-17(23)19-14-13-9-28-16(27)12(20(13)15(14)22)8-10-4-6-11(7-5-10)21(24)25/h4-7,12-14H,8-9H2,1-3H3,(H,19,23). The van der Waals surface area contributed by atoms with E-state index in [1.807, 2.05) is 0 Å². The molecule has 3 atom stereocenters. The number of β-lactam (4-membered cyclic amide) rings is 1. The summed E-state index contributed by atoms with van der Waals surface area (Å²) in [5, 5.41) is 13.5. The van der Waals surface area contributed by atoms with Crippen molar-refractivity contribution in [1.82, 2.24) is 10.2 Å². The van der Waals surface area contributed by atoms with Crippen LogP contribution in [0.3, 0.4) is 0 Å². The number of non-ortho nitro benzene ring substituents is 1. The van der Waals surface area contributed by atoms with Crippen LogP contribution < -0.4 is 5.32 Å². The van der Waals surface area contributed by atoms with Crippen LogP contribution >= 0.6 is 24.0 Å². The van der Waals surface area contributed by atoms with Gasteiger partial charge in [0.2, 0.25) is 5.91 Å². The van der Waals surface area contributed by atoms with Crippen molar-refractivity contribution in [3.63, 3.8) is 0 Å². The molecule has 3 unspecified atom stereocenters. The summed E-state index contributed by atoms with van der Waals surface area (Å²) in [5.74, 6) is 0.423. The smallest absolute Gasteiger partial charge is 0.408 e. The van der Waals surface area contributed by atoms with E-state index in [0.29, 0.717) is 16.4 Å². The monoisotopic (exact) mass is 423 g/mol. The van der Waals surface area contributed by atoms with Crippen molar-refractivity contribution in [2.75, 3.05) is 5.75 Å². The third-order valence-electron chi connectivity index (χ3n) is 4.52. The molecule has 0 bridgehead atoms. The Balaban J connectivity index is 1.68. The van der Waals surface area contributed by atoms with E-state index >= 15 is 0 Å². The Bertz CT molecular complexity index is 822. The van der Waals surface area contributed by atoms with Crippen molar-refractivity contribution in [3.05, 3.63) is 39.9 Å². The van der Waals surface area contributed by atoms with Gasteiger partial charge in [-0.1, -0.05) is 24.4 Å². The molecular formula is C18H21N3O5S2. The molecule has 3 rings (SSSR count). The number of ether oxygens (including phenoxy) is 1. The summed E-state index contributed by atoms with van der Waals surface area (Å²) < 4.78 is 5.94. The zero-order valence-corrected chi connectivity index (χ0v) is 17.3. The third kappa shape index (κ3) is 4.27. The summed E-state index contributed by atoms with van der Waals surface area (Å²) in [6.45, 7) is 5.28.